The molecule has 6 nitrogen and oxygen atoms in total. The molecule has 1 aromatic carbocycles. The third-order valence-corrected chi connectivity index (χ3v) is 5.45. The van der Waals surface area contributed by atoms with E-state index in [-0.39, 0.29) is 18.0 Å². The van der Waals surface area contributed by atoms with Crippen molar-refractivity contribution >= 4 is 29.2 Å². The van der Waals surface area contributed by atoms with E-state index in [1.807, 2.05) is 24.3 Å². The summed E-state index contributed by atoms with van der Waals surface area (Å²) in [5.74, 6) is -0.0925. The molecule has 7 heteroatoms. The van der Waals surface area contributed by atoms with Crippen LogP contribution >= 0.6 is 11.6 Å². The van der Waals surface area contributed by atoms with Gasteiger partial charge in [0.2, 0.25) is 5.91 Å². The molecule has 1 saturated heterocycles. The van der Waals surface area contributed by atoms with Gasteiger partial charge in [0.1, 0.15) is 6.04 Å². The van der Waals surface area contributed by atoms with E-state index in [1.165, 1.54) is 12.8 Å². The van der Waals surface area contributed by atoms with Crippen LogP contribution in [0, 0.1) is 0 Å². The minimum absolute atomic E-state index is 0.0925. The van der Waals surface area contributed by atoms with Crippen molar-refractivity contribution in [3.63, 3.8) is 0 Å². The van der Waals surface area contributed by atoms with Gasteiger partial charge in [-0.15, -0.1) is 0 Å². The van der Waals surface area contributed by atoms with Crippen molar-refractivity contribution in [1.82, 2.24) is 15.5 Å². The molecule has 3 rings (SSSR count). The molecule has 0 aromatic heterocycles. The highest BCUT2D eigenvalue weighted by atomic mass is 35.5. The molecule has 3 amide bonds. The summed E-state index contributed by atoms with van der Waals surface area (Å²) in [6, 6.07) is 7.32. The number of hydrogen-bond donors (Lipinski definition) is 2. The largest absolute Gasteiger partial charge is 0.368 e. The number of amides is 3. The van der Waals surface area contributed by atoms with E-state index < -0.39 is 6.04 Å². The first-order valence-electron chi connectivity index (χ1n) is 9.39. The number of halogens is 1. The lowest BCUT2D eigenvalue weighted by Gasteiger charge is -2.36. The Morgan fingerprint density at radius 1 is 1.08 bits per heavy atom. The summed E-state index contributed by atoms with van der Waals surface area (Å²) in [5.41, 5.74) is 1.11. The first-order chi connectivity index (χ1) is 12.5. The lowest BCUT2D eigenvalue weighted by Crippen LogP contribution is -2.55. The number of hydrogen-bond acceptors (Lipinski definition) is 3. The van der Waals surface area contributed by atoms with Crippen molar-refractivity contribution in [2.45, 2.75) is 44.7 Å². The van der Waals surface area contributed by atoms with Gasteiger partial charge in [-0.25, -0.2) is 4.79 Å². The van der Waals surface area contributed by atoms with Gasteiger partial charge >= 0.3 is 6.03 Å². The van der Waals surface area contributed by atoms with Gasteiger partial charge in [-0.05, 0) is 44.0 Å². The fourth-order valence-electron chi connectivity index (χ4n) is 3.56. The fraction of sp³-hybridized carbons (Fsp3) is 0.579. The molecule has 2 aliphatic rings. The van der Waals surface area contributed by atoms with Gasteiger partial charge in [0, 0.05) is 42.9 Å². The molecule has 1 aliphatic heterocycles. The summed E-state index contributed by atoms with van der Waals surface area (Å²) >= 11 is 5.93. The number of benzene rings is 1. The monoisotopic (exact) mass is 378 g/mol. The van der Waals surface area contributed by atoms with E-state index in [1.54, 1.807) is 11.8 Å². The smallest absolute Gasteiger partial charge is 0.318 e. The van der Waals surface area contributed by atoms with Crippen LogP contribution in [-0.2, 0) is 4.79 Å². The molecule has 0 spiro atoms. The maximum atomic E-state index is 12.4. The molecule has 1 heterocycles. The molecule has 1 aromatic rings. The third-order valence-electron chi connectivity index (χ3n) is 5.19. The molecular formula is C19H27ClN4O2. The highest BCUT2D eigenvalue weighted by Gasteiger charge is 2.25. The van der Waals surface area contributed by atoms with Gasteiger partial charge in [-0.1, -0.05) is 24.4 Å². The van der Waals surface area contributed by atoms with Crippen LogP contribution in [0.5, 0.6) is 0 Å². The average molecular weight is 379 g/mol. The van der Waals surface area contributed by atoms with Crippen LogP contribution in [0.4, 0.5) is 10.5 Å². The third kappa shape index (κ3) is 4.81. The van der Waals surface area contributed by atoms with Crippen LogP contribution in [0.25, 0.3) is 0 Å². The quantitative estimate of drug-likeness (QED) is 0.846. The lowest BCUT2D eigenvalue weighted by molar-refractivity contribution is -0.123. The second-order valence-electron chi connectivity index (χ2n) is 7.11. The van der Waals surface area contributed by atoms with E-state index in [0.29, 0.717) is 13.1 Å². The normalized spacial score (nSPS) is 19.3. The topological polar surface area (TPSA) is 64.7 Å². The number of nitrogens with one attached hydrogen (secondary N) is 2. The molecule has 142 valence electrons. The SMILES string of the molecule is C[C@H](NC(=O)N1CCN(c2ccc(Cl)cc2)CC1)C(=O)NC1CCCC1. The van der Waals surface area contributed by atoms with E-state index in [0.717, 1.165) is 36.6 Å². The summed E-state index contributed by atoms with van der Waals surface area (Å²) in [7, 11) is 0. The van der Waals surface area contributed by atoms with Crippen LogP contribution in [0.15, 0.2) is 24.3 Å². The Morgan fingerprint density at radius 3 is 2.31 bits per heavy atom. The Kier molecular flexibility index (Phi) is 6.25. The average Bonchev–Trinajstić information content (AvgIpc) is 3.15. The Bertz CT molecular complexity index is 623. The molecule has 0 unspecified atom stereocenters. The zero-order chi connectivity index (χ0) is 18.5. The number of carbonyl (C=O) groups is 2. The molecular weight excluding hydrogens is 352 g/mol. The van der Waals surface area contributed by atoms with Crippen molar-refractivity contribution in [2.75, 3.05) is 31.1 Å². The number of urea groups is 1. The molecule has 2 fully saturated rings. The Labute approximate surface area is 159 Å². The molecule has 0 bridgehead atoms. The van der Waals surface area contributed by atoms with Gasteiger partial charge in [0.15, 0.2) is 0 Å². The summed E-state index contributed by atoms with van der Waals surface area (Å²) in [6.45, 7) is 4.53. The Balaban J connectivity index is 1.44. The summed E-state index contributed by atoms with van der Waals surface area (Å²) in [4.78, 5) is 28.7. The van der Waals surface area contributed by atoms with Gasteiger partial charge in [0.25, 0.3) is 0 Å². The van der Waals surface area contributed by atoms with Gasteiger partial charge in [0.05, 0.1) is 0 Å². The number of rotatable bonds is 4. The van der Waals surface area contributed by atoms with Crippen molar-refractivity contribution < 1.29 is 9.59 Å². The predicted molar refractivity (Wildman–Crippen MR) is 104 cm³/mol. The molecule has 1 saturated carbocycles. The van der Waals surface area contributed by atoms with Crippen LogP contribution in [0.2, 0.25) is 5.02 Å². The van der Waals surface area contributed by atoms with Crippen molar-refractivity contribution in [3.05, 3.63) is 29.3 Å². The van der Waals surface area contributed by atoms with Crippen molar-refractivity contribution in [1.29, 1.82) is 0 Å². The maximum absolute atomic E-state index is 12.4. The summed E-state index contributed by atoms with van der Waals surface area (Å²) in [5, 5.41) is 6.57. The van der Waals surface area contributed by atoms with Crippen molar-refractivity contribution in [3.8, 4) is 0 Å². The molecule has 1 atom stereocenters. The van der Waals surface area contributed by atoms with E-state index in [2.05, 4.69) is 15.5 Å². The molecule has 26 heavy (non-hydrogen) atoms. The van der Waals surface area contributed by atoms with Crippen molar-refractivity contribution in [2.24, 2.45) is 0 Å². The Morgan fingerprint density at radius 2 is 1.69 bits per heavy atom. The van der Waals surface area contributed by atoms with Crippen LogP contribution in [-0.4, -0.2) is 55.1 Å². The second-order valence-corrected chi connectivity index (χ2v) is 7.55. The minimum atomic E-state index is -0.516. The summed E-state index contributed by atoms with van der Waals surface area (Å²) < 4.78 is 0. The predicted octanol–water partition coefficient (Wildman–Crippen LogP) is 2.62. The number of nitrogens with zero attached hydrogens (tertiary/aromatic N) is 2. The maximum Gasteiger partial charge on any atom is 0.318 e. The standard InChI is InChI=1S/C19H27ClN4O2/c1-14(18(25)22-16-4-2-3-5-16)21-19(26)24-12-10-23(11-13-24)17-8-6-15(20)7-9-17/h6-9,14,16H,2-5,10-13H2,1H3,(H,21,26)(H,22,25)/t14-/m0/s1. The van der Waals surface area contributed by atoms with Gasteiger partial charge in [-0.3, -0.25) is 4.79 Å². The first-order valence-corrected chi connectivity index (χ1v) is 9.77. The molecule has 0 radical (unpaired) electrons. The first kappa shape index (κ1) is 18.8. The van der Waals surface area contributed by atoms with E-state index >= 15 is 0 Å². The van der Waals surface area contributed by atoms with Gasteiger partial charge < -0.3 is 20.4 Å². The zero-order valence-corrected chi connectivity index (χ0v) is 16.0. The minimum Gasteiger partial charge on any atom is -0.368 e. The van der Waals surface area contributed by atoms with Crippen LogP contribution in [0.1, 0.15) is 32.6 Å². The zero-order valence-electron chi connectivity index (χ0n) is 15.2. The highest BCUT2D eigenvalue weighted by Crippen LogP contribution is 2.20. The fourth-order valence-corrected chi connectivity index (χ4v) is 3.68. The molecule has 1 aliphatic carbocycles. The Hall–Kier alpha value is -1.95. The van der Waals surface area contributed by atoms with E-state index in [9.17, 15) is 9.59 Å². The highest BCUT2D eigenvalue weighted by molar-refractivity contribution is 6.30. The van der Waals surface area contributed by atoms with Crippen LogP contribution < -0.4 is 15.5 Å². The molecule has 2 N–H and O–H groups in total. The second kappa shape index (κ2) is 8.62. The number of carbonyl (C=O) groups excluding carboxylic acids is 2. The number of anilines is 1. The summed E-state index contributed by atoms with van der Waals surface area (Å²) in [6.07, 6.45) is 4.42. The number of piperazine rings is 1. The van der Waals surface area contributed by atoms with E-state index in [4.69, 9.17) is 11.6 Å². The lowest BCUT2D eigenvalue weighted by atomic mass is 10.2. The van der Waals surface area contributed by atoms with Gasteiger partial charge in [-0.2, -0.15) is 0 Å². The van der Waals surface area contributed by atoms with Crippen LogP contribution in [0.3, 0.4) is 0 Å².